The van der Waals surface area contributed by atoms with E-state index in [4.69, 9.17) is 27.6 Å². The molecule has 1 aromatic carbocycles. The number of nitrogens with zero attached hydrogens (tertiary/aromatic N) is 3. The minimum atomic E-state index is -0.569. The number of carbonyl (C=O) groups excluding carboxylic acids is 1. The Balaban J connectivity index is 1.52. The standard InChI is InChI=1S/C18H14Cl2N6O2/c19-8-4-5-13-11(6-8)23-18(28-13)25-17-22-10-2-1-3-12(27)14(10)16(24-17)15-9(20)7-21-26-15/h4-7,16H,1-3H2,(H,21,26)(H2,22,23,24,25). The van der Waals surface area contributed by atoms with E-state index in [1.807, 2.05) is 0 Å². The average molecular weight is 417 g/mol. The van der Waals surface area contributed by atoms with E-state index >= 15 is 0 Å². The molecule has 0 saturated carbocycles. The fourth-order valence-electron chi connectivity index (χ4n) is 3.48. The van der Waals surface area contributed by atoms with Crippen LogP contribution < -0.4 is 10.6 Å². The van der Waals surface area contributed by atoms with E-state index in [-0.39, 0.29) is 11.8 Å². The number of rotatable bonds is 2. The Hall–Kier alpha value is -2.84. The zero-order chi connectivity index (χ0) is 19.3. The molecule has 0 amide bonds. The Kier molecular flexibility index (Phi) is 4.10. The van der Waals surface area contributed by atoms with Crippen LogP contribution in [0.1, 0.15) is 31.0 Å². The molecule has 1 atom stereocenters. The molecule has 2 aromatic heterocycles. The van der Waals surface area contributed by atoms with Gasteiger partial charge in [0.1, 0.15) is 11.6 Å². The number of aromatic nitrogens is 3. The maximum absolute atomic E-state index is 12.6. The van der Waals surface area contributed by atoms with Crippen LogP contribution in [0.25, 0.3) is 11.1 Å². The zero-order valence-electron chi connectivity index (χ0n) is 14.4. The van der Waals surface area contributed by atoms with Crippen molar-refractivity contribution < 1.29 is 9.21 Å². The van der Waals surface area contributed by atoms with E-state index in [0.29, 0.717) is 44.8 Å². The average Bonchev–Trinajstić information content (AvgIpc) is 3.26. The molecule has 142 valence electrons. The molecule has 0 bridgehead atoms. The van der Waals surface area contributed by atoms with Gasteiger partial charge in [0.25, 0.3) is 0 Å². The Bertz CT molecular complexity index is 1160. The number of benzene rings is 1. The van der Waals surface area contributed by atoms with Gasteiger partial charge in [0.05, 0.1) is 16.9 Å². The first kappa shape index (κ1) is 17.3. The Morgan fingerprint density at radius 2 is 2.14 bits per heavy atom. The molecule has 2 aliphatic rings. The van der Waals surface area contributed by atoms with E-state index in [1.54, 1.807) is 18.2 Å². The molecule has 3 aromatic rings. The molecule has 0 radical (unpaired) electrons. The van der Waals surface area contributed by atoms with Crippen molar-refractivity contribution in [3.63, 3.8) is 0 Å². The van der Waals surface area contributed by atoms with Gasteiger partial charge >= 0.3 is 6.01 Å². The van der Waals surface area contributed by atoms with Crippen molar-refractivity contribution in [3.8, 4) is 0 Å². The highest BCUT2D eigenvalue weighted by atomic mass is 35.5. The maximum Gasteiger partial charge on any atom is 0.302 e. The predicted octanol–water partition coefficient (Wildman–Crippen LogP) is 3.98. The van der Waals surface area contributed by atoms with Crippen LogP contribution in [0.2, 0.25) is 10.0 Å². The van der Waals surface area contributed by atoms with Crippen molar-refractivity contribution in [2.75, 3.05) is 5.32 Å². The third-order valence-electron chi connectivity index (χ3n) is 4.73. The Labute approximate surface area is 169 Å². The van der Waals surface area contributed by atoms with Crippen LogP contribution in [0, 0.1) is 0 Å². The highest BCUT2D eigenvalue weighted by molar-refractivity contribution is 6.31. The summed E-state index contributed by atoms with van der Waals surface area (Å²) in [7, 11) is 0. The Morgan fingerprint density at radius 1 is 1.25 bits per heavy atom. The third kappa shape index (κ3) is 2.94. The second-order valence-electron chi connectivity index (χ2n) is 6.56. The molecule has 1 unspecified atom stereocenters. The molecule has 1 aliphatic carbocycles. The molecular weight excluding hydrogens is 403 g/mol. The summed E-state index contributed by atoms with van der Waals surface area (Å²) in [5, 5.41) is 14.1. The Morgan fingerprint density at radius 3 is 2.96 bits per heavy atom. The number of hydrogen-bond acceptors (Lipinski definition) is 7. The highest BCUT2D eigenvalue weighted by Crippen LogP contribution is 2.38. The fourth-order valence-corrected chi connectivity index (χ4v) is 3.84. The maximum atomic E-state index is 12.6. The van der Waals surface area contributed by atoms with Crippen LogP contribution in [0.4, 0.5) is 6.01 Å². The van der Waals surface area contributed by atoms with Gasteiger partial charge in [-0.25, -0.2) is 4.99 Å². The largest absolute Gasteiger partial charge is 0.423 e. The lowest BCUT2D eigenvalue weighted by molar-refractivity contribution is -0.116. The first-order valence-corrected chi connectivity index (χ1v) is 9.47. The normalized spacial score (nSPS) is 19.4. The summed E-state index contributed by atoms with van der Waals surface area (Å²) in [4.78, 5) is 21.6. The van der Waals surface area contributed by atoms with E-state index in [9.17, 15) is 4.79 Å². The van der Waals surface area contributed by atoms with Gasteiger partial charge in [-0.3, -0.25) is 15.2 Å². The molecule has 0 fully saturated rings. The number of anilines is 1. The van der Waals surface area contributed by atoms with Gasteiger partial charge in [0.2, 0.25) is 5.96 Å². The first-order valence-electron chi connectivity index (χ1n) is 8.71. The number of hydrogen-bond donors (Lipinski definition) is 3. The van der Waals surface area contributed by atoms with Crippen molar-refractivity contribution in [2.24, 2.45) is 4.99 Å². The van der Waals surface area contributed by atoms with Crippen molar-refractivity contribution >= 4 is 52.1 Å². The number of aromatic amines is 1. The smallest absolute Gasteiger partial charge is 0.302 e. The lowest BCUT2D eigenvalue weighted by atomic mass is 9.88. The van der Waals surface area contributed by atoms with Crippen molar-refractivity contribution in [2.45, 2.75) is 25.3 Å². The predicted molar refractivity (Wildman–Crippen MR) is 105 cm³/mol. The number of aliphatic imine (C=N–C) groups is 1. The number of oxazole rings is 1. The van der Waals surface area contributed by atoms with Gasteiger partial charge in [0.15, 0.2) is 11.4 Å². The summed E-state index contributed by atoms with van der Waals surface area (Å²) >= 11 is 12.2. The van der Waals surface area contributed by atoms with Gasteiger partial charge in [-0.05, 0) is 31.0 Å². The molecule has 5 rings (SSSR count). The highest BCUT2D eigenvalue weighted by Gasteiger charge is 2.34. The molecule has 0 saturated heterocycles. The lowest BCUT2D eigenvalue weighted by Crippen LogP contribution is -2.38. The van der Waals surface area contributed by atoms with Crippen molar-refractivity contribution in [3.05, 3.63) is 51.4 Å². The SMILES string of the molecule is O=C1CCCC2=C1C(c1[nH]ncc1Cl)N=C(Nc1nc3cc(Cl)ccc3o1)N2. The monoisotopic (exact) mass is 416 g/mol. The van der Waals surface area contributed by atoms with Gasteiger partial charge in [0, 0.05) is 22.7 Å². The van der Waals surface area contributed by atoms with Gasteiger partial charge in [-0.15, -0.1) is 0 Å². The summed E-state index contributed by atoms with van der Waals surface area (Å²) in [6.07, 6.45) is 3.52. The lowest BCUT2D eigenvalue weighted by Gasteiger charge is -2.29. The first-order chi connectivity index (χ1) is 13.6. The van der Waals surface area contributed by atoms with Crippen LogP contribution in [0.5, 0.6) is 0 Å². The third-order valence-corrected chi connectivity index (χ3v) is 5.26. The second-order valence-corrected chi connectivity index (χ2v) is 7.41. The second kappa shape index (κ2) is 6.65. The summed E-state index contributed by atoms with van der Waals surface area (Å²) in [6, 6.07) is 4.90. The molecule has 10 heteroatoms. The van der Waals surface area contributed by atoms with Crippen LogP contribution in [0.3, 0.4) is 0 Å². The van der Waals surface area contributed by atoms with E-state index in [1.165, 1.54) is 6.20 Å². The van der Waals surface area contributed by atoms with Crippen LogP contribution in [-0.4, -0.2) is 26.9 Å². The van der Waals surface area contributed by atoms with Crippen LogP contribution in [0.15, 0.2) is 45.1 Å². The summed E-state index contributed by atoms with van der Waals surface area (Å²) < 4.78 is 5.70. The minimum absolute atomic E-state index is 0.0590. The van der Waals surface area contributed by atoms with Crippen LogP contribution in [-0.2, 0) is 4.79 Å². The van der Waals surface area contributed by atoms with Gasteiger partial charge < -0.3 is 9.73 Å². The molecule has 3 N–H and O–H groups in total. The van der Waals surface area contributed by atoms with Gasteiger partial charge in [-0.1, -0.05) is 23.2 Å². The molecular formula is C18H14Cl2N6O2. The van der Waals surface area contributed by atoms with Gasteiger partial charge in [-0.2, -0.15) is 10.1 Å². The molecule has 8 nitrogen and oxygen atoms in total. The molecule has 28 heavy (non-hydrogen) atoms. The number of Topliss-reactive ketones (excluding diaryl/α,β-unsaturated/α-hetero) is 1. The van der Waals surface area contributed by atoms with Crippen molar-refractivity contribution in [1.82, 2.24) is 20.5 Å². The number of H-pyrrole nitrogens is 1. The summed E-state index contributed by atoms with van der Waals surface area (Å²) in [5.41, 5.74) is 3.25. The number of fused-ring (bicyclic) bond motifs is 1. The van der Waals surface area contributed by atoms with E-state index in [2.05, 4.69) is 30.8 Å². The number of carbonyl (C=O) groups is 1. The van der Waals surface area contributed by atoms with E-state index in [0.717, 1.165) is 18.5 Å². The fraction of sp³-hybridized carbons (Fsp3) is 0.222. The van der Waals surface area contributed by atoms with Crippen molar-refractivity contribution in [1.29, 1.82) is 0 Å². The number of nitrogens with one attached hydrogen (secondary N) is 3. The quantitative estimate of drug-likeness (QED) is 0.582. The number of halogens is 2. The summed E-state index contributed by atoms with van der Waals surface area (Å²) in [6.45, 7) is 0. The number of allylic oxidation sites excluding steroid dienone is 1. The van der Waals surface area contributed by atoms with Crippen LogP contribution >= 0.6 is 23.2 Å². The summed E-state index contributed by atoms with van der Waals surface area (Å²) in [5.74, 6) is 0.477. The zero-order valence-corrected chi connectivity index (χ0v) is 15.9. The topological polar surface area (TPSA) is 108 Å². The molecule has 1 aliphatic heterocycles. The molecule has 0 spiro atoms. The number of guanidine groups is 1. The van der Waals surface area contributed by atoms with E-state index < -0.39 is 6.04 Å². The molecule has 3 heterocycles. The minimum Gasteiger partial charge on any atom is -0.423 e. The number of ketones is 1.